The van der Waals surface area contributed by atoms with Crippen molar-refractivity contribution in [1.29, 1.82) is 0 Å². The number of hydrogen-bond donors (Lipinski definition) is 1. The lowest BCUT2D eigenvalue weighted by molar-refractivity contribution is -0.0406. The minimum atomic E-state index is -0.502. The van der Waals surface area contributed by atoms with Crippen molar-refractivity contribution in [3.05, 3.63) is 35.4 Å². The number of benzene rings is 1. The van der Waals surface area contributed by atoms with Crippen molar-refractivity contribution < 1.29 is 14.4 Å². The average molecular weight is 232 g/mol. The molecule has 5 nitrogen and oxygen atoms in total. The Morgan fingerprint density at radius 2 is 1.82 bits per heavy atom. The summed E-state index contributed by atoms with van der Waals surface area (Å²) in [6.07, 6.45) is 0.114. The summed E-state index contributed by atoms with van der Waals surface area (Å²) in [5.41, 5.74) is 3.69. The van der Waals surface area contributed by atoms with Gasteiger partial charge in [-0.2, -0.15) is 5.48 Å². The number of amides is 2. The lowest BCUT2D eigenvalue weighted by Gasteiger charge is -2.19. The van der Waals surface area contributed by atoms with Crippen molar-refractivity contribution in [3.63, 3.8) is 0 Å². The molecule has 0 aromatic heterocycles. The van der Waals surface area contributed by atoms with Gasteiger partial charge < -0.3 is 0 Å². The van der Waals surface area contributed by atoms with E-state index in [0.717, 1.165) is 0 Å². The first-order valence-corrected chi connectivity index (χ1v) is 5.56. The average Bonchev–Trinajstić information content (AvgIpc) is 2.84. The number of hydroxylamine groups is 1. The summed E-state index contributed by atoms with van der Waals surface area (Å²) in [5.74, 6) is -0.544. The third kappa shape index (κ3) is 1.47. The number of carbonyl (C=O) groups is 2. The molecule has 17 heavy (non-hydrogen) atoms. The standard InChI is InChI=1S/C12H12N2O3/c1-7-6-10(17-13-7)14-11(15)8-4-2-3-5-9(8)12(14)16/h2-5,7,10,13H,6H2,1H3. The number of rotatable bonds is 1. The van der Waals surface area contributed by atoms with Crippen molar-refractivity contribution in [2.24, 2.45) is 0 Å². The van der Waals surface area contributed by atoms with Crippen LogP contribution < -0.4 is 5.48 Å². The van der Waals surface area contributed by atoms with Crippen LogP contribution in [-0.4, -0.2) is 29.0 Å². The molecule has 0 saturated carbocycles. The Kier molecular flexibility index (Phi) is 2.24. The van der Waals surface area contributed by atoms with E-state index in [-0.39, 0.29) is 17.9 Å². The van der Waals surface area contributed by atoms with Gasteiger partial charge in [0.15, 0.2) is 6.23 Å². The Morgan fingerprint density at radius 3 is 2.29 bits per heavy atom. The van der Waals surface area contributed by atoms with Crippen LogP contribution in [0.2, 0.25) is 0 Å². The number of hydrogen-bond acceptors (Lipinski definition) is 4. The summed E-state index contributed by atoms with van der Waals surface area (Å²) < 4.78 is 0. The van der Waals surface area contributed by atoms with E-state index >= 15 is 0 Å². The molecular weight excluding hydrogens is 220 g/mol. The molecule has 1 fully saturated rings. The van der Waals surface area contributed by atoms with Gasteiger partial charge in [-0.05, 0) is 19.1 Å². The molecule has 88 valence electrons. The van der Waals surface area contributed by atoms with Gasteiger partial charge in [0.05, 0.1) is 11.1 Å². The molecule has 0 radical (unpaired) electrons. The van der Waals surface area contributed by atoms with Crippen molar-refractivity contribution in [2.45, 2.75) is 25.6 Å². The van der Waals surface area contributed by atoms with Gasteiger partial charge in [-0.1, -0.05) is 12.1 Å². The molecule has 2 amide bonds. The molecule has 2 unspecified atom stereocenters. The highest BCUT2D eigenvalue weighted by atomic mass is 16.7. The van der Waals surface area contributed by atoms with Crippen LogP contribution >= 0.6 is 0 Å². The van der Waals surface area contributed by atoms with Crippen molar-refractivity contribution in [2.75, 3.05) is 0 Å². The van der Waals surface area contributed by atoms with E-state index in [4.69, 9.17) is 4.84 Å². The molecule has 1 saturated heterocycles. The normalized spacial score (nSPS) is 27.7. The second-order valence-electron chi connectivity index (χ2n) is 4.35. The minimum Gasteiger partial charge on any atom is -0.276 e. The number of imide groups is 1. The molecular formula is C12H12N2O3. The van der Waals surface area contributed by atoms with E-state index in [1.54, 1.807) is 24.3 Å². The van der Waals surface area contributed by atoms with Crippen molar-refractivity contribution in [1.82, 2.24) is 10.4 Å². The van der Waals surface area contributed by atoms with Gasteiger partial charge in [-0.25, -0.2) is 4.90 Å². The van der Waals surface area contributed by atoms with Crippen LogP contribution in [-0.2, 0) is 4.84 Å². The summed E-state index contributed by atoms with van der Waals surface area (Å²) in [6, 6.07) is 6.99. The molecule has 0 spiro atoms. The third-order valence-corrected chi connectivity index (χ3v) is 3.07. The molecule has 0 aliphatic carbocycles. The van der Waals surface area contributed by atoms with Crippen molar-refractivity contribution in [3.8, 4) is 0 Å². The molecule has 2 aliphatic rings. The smallest absolute Gasteiger partial charge is 0.263 e. The van der Waals surface area contributed by atoms with Crippen LogP contribution in [0.4, 0.5) is 0 Å². The van der Waals surface area contributed by atoms with E-state index in [1.165, 1.54) is 4.90 Å². The minimum absolute atomic E-state index is 0.143. The predicted molar refractivity (Wildman–Crippen MR) is 59.0 cm³/mol. The first kappa shape index (κ1) is 10.4. The van der Waals surface area contributed by atoms with Crippen LogP contribution in [0.5, 0.6) is 0 Å². The van der Waals surface area contributed by atoms with E-state index < -0.39 is 6.23 Å². The second-order valence-corrected chi connectivity index (χ2v) is 4.35. The zero-order valence-electron chi connectivity index (χ0n) is 9.34. The fourth-order valence-corrected chi connectivity index (χ4v) is 2.22. The van der Waals surface area contributed by atoms with E-state index in [1.807, 2.05) is 6.92 Å². The van der Waals surface area contributed by atoms with Crippen LogP contribution in [0.15, 0.2) is 24.3 Å². The van der Waals surface area contributed by atoms with Gasteiger partial charge in [0.2, 0.25) is 0 Å². The summed E-state index contributed by atoms with van der Waals surface area (Å²) in [7, 11) is 0. The third-order valence-electron chi connectivity index (χ3n) is 3.07. The topological polar surface area (TPSA) is 58.6 Å². The maximum Gasteiger partial charge on any atom is 0.263 e. The second kappa shape index (κ2) is 3.65. The molecule has 2 aliphatic heterocycles. The van der Waals surface area contributed by atoms with Gasteiger partial charge in [0, 0.05) is 12.5 Å². The summed E-state index contributed by atoms with van der Waals surface area (Å²) in [5, 5.41) is 0. The fraction of sp³-hybridized carbons (Fsp3) is 0.333. The molecule has 2 heterocycles. The summed E-state index contributed by atoms with van der Waals surface area (Å²) in [4.78, 5) is 30.6. The predicted octanol–water partition coefficient (Wildman–Crippen LogP) is 0.922. The molecule has 5 heteroatoms. The SMILES string of the molecule is CC1CC(N2C(=O)c3ccccc3C2=O)ON1. The Morgan fingerprint density at radius 1 is 1.24 bits per heavy atom. The molecule has 2 atom stereocenters. The molecule has 1 N–H and O–H groups in total. The van der Waals surface area contributed by atoms with Gasteiger partial charge in [-0.15, -0.1) is 0 Å². The molecule has 3 rings (SSSR count). The number of fused-ring (bicyclic) bond motifs is 1. The van der Waals surface area contributed by atoms with E-state index in [9.17, 15) is 9.59 Å². The van der Waals surface area contributed by atoms with Gasteiger partial charge in [0.25, 0.3) is 11.8 Å². The van der Waals surface area contributed by atoms with Gasteiger partial charge in [0.1, 0.15) is 0 Å². The van der Waals surface area contributed by atoms with Gasteiger partial charge in [-0.3, -0.25) is 14.4 Å². The summed E-state index contributed by atoms with van der Waals surface area (Å²) >= 11 is 0. The molecule has 1 aromatic rings. The maximum absolute atomic E-state index is 12.1. The highest BCUT2D eigenvalue weighted by Gasteiger charge is 2.42. The van der Waals surface area contributed by atoms with Gasteiger partial charge >= 0.3 is 0 Å². The lowest BCUT2D eigenvalue weighted by atomic mass is 10.1. The van der Waals surface area contributed by atoms with E-state index in [0.29, 0.717) is 17.5 Å². The molecule has 1 aromatic carbocycles. The highest BCUT2D eigenvalue weighted by molar-refractivity contribution is 6.21. The number of carbonyl (C=O) groups excluding carboxylic acids is 2. The zero-order chi connectivity index (χ0) is 12.0. The fourth-order valence-electron chi connectivity index (χ4n) is 2.22. The summed E-state index contributed by atoms with van der Waals surface area (Å²) in [6.45, 7) is 1.94. The first-order chi connectivity index (χ1) is 8.18. The van der Waals surface area contributed by atoms with Crippen molar-refractivity contribution >= 4 is 11.8 Å². The quantitative estimate of drug-likeness (QED) is 0.731. The number of nitrogens with one attached hydrogen (secondary N) is 1. The monoisotopic (exact) mass is 232 g/mol. The Balaban J connectivity index is 1.95. The maximum atomic E-state index is 12.1. The first-order valence-electron chi connectivity index (χ1n) is 5.56. The lowest BCUT2D eigenvalue weighted by Crippen LogP contribution is -2.40. The molecule has 0 bridgehead atoms. The largest absolute Gasteiger partial charge is 0.276 e. The Bertz CT molecular complexity index is 465. The van der Waals surface area contributed by atoms with Crippen LogP contribution in [0.25, 0.3) is 0 Å². The highest BCUT2D eigenvalue weighted by Crippen LogP contribution is 2.27. The van der Waals surface area contributed by atoms with Crippen LogP contribution in [0.1, 0.15) is 34.1 Å². The van der Waals surface area contributed by atoms with Crippen LogP contribution in [0.3, 0.4) is 0 Å². The Labute approximate surface area is 98.3 Å². The van der Waals surface area contributed by atoms with Crippen LogP contribution in [0, 0.1) is 0 Å². The number of nitrogens with zero attached hydrogens (tertiary/aromatic N) is 1. The van der Waals surface area contributed by atoms with E-state index in [2.05, 4.69) is 5.48 Å². The zero-order valence-corrected chi connectivity index (χ0v) is 9.34. The Hall–Kier alpha value is -1.72.